The zero-order valence-electron chi connectivity index (χ0n) is 23.2. The monoisotopic (exact) mass is 562 g/mol. The number of para-hydroxylation sites is 1. The Morgan fingerprint density at radius 3 is 2.62 bits per heavy atom. The predicted octanol–water partition coefficient (Wildman–Crippen LogP) is 5.04. The largest absolute Gasteiger partial charge is 0.488 e. The van der Waals surface area contributed by atoms with Gasteiger partial charge in [-0.1, -0.05) is 48.5 Å². The van der Waals surface area contributed by atoms with E-state index in [0.29, 0.717) is 18.7 Å². The highest BCUT2D eigenvalue weighted by Gasteiger charge is 2.34. The molecule has 0 saturated heterocycles. The Bertz CT molecular complexity index is 1680. The molecule has 0 aliphatic carbocycles. The van der Waals surface area contributed by atoms with E-state index in [2.05, 4.69) is 10.3 Å². The summed E-state index contributed by atoms with van der Waals surface area (Å²) in [4.78, 5) is 12.2. The molecule has 1 N–H and O–H groups in total. The van der Waals surface area contributed by atoms with Gasteiger partial charge in [-0.25, -0.2) is 13.1 Å². The van der Waals surface area contributed by atoms with E-state index in [1.165, 1.54) is 4.31 Å². The van der Waals surface area contributed by atoms with Gasteiger partial charge in [0.2, 0.25) is 10.0 Å². The van der Waals surface area contributed by atoms with Crippen molar-refractivity contribution in [3.63, 3.8) is 0 Å². The average molecular weight is 563 g/mol. The molecule has 0 saturated carbocycles. The molecule has 0 amide bonds. The summed E-state index contributed by atoms with van der Waals surface area (Å²) in [5.74, 6) is -0.991. The van der Waals surface area contributed by atoms with Crippen LogP contribution in [0.3, 0.4) is 0 Å². The van der Waals surface area contributed by atoms with Crippen molar-refractivity contribution in [1.29, 1.82) is 0 Å². The molecular formula is C30H34N4O5S. The van der Waals surface area contributed by atoms with Gasteiger partial charge in [-0.05, 0) is 73.2 Å². The molecule has 2 heterocycles. The van der Waals surface area contributed by atoms with Gasteiger partial charge in [-0.2, -0.15) is 4.31 Å². The Labute approximate surface area is 234 Å². The number of sulfonamides is 1. The van der Waals surface area contributed by atoms with Crippen LogP contribution in [-0.4, -0.2) is 51.4 Å². The topological polar surface area (TPSA) is 115 Å². The zero-order valence-corrected chi connectivity index (χ0v) is 24.0. The quantitative estimate of drug-likeness (QED) is 0.320. The number of fused-ring (bicyclic) bond motifs is 2. The molecule has 2 atom stereocenters. The molecule has 3 aromatic carbocycles. The molecular weight excluding hydrogens is 528 g/mol. The average Bonchev–Trinajstić information content (AvgIpc) is 3.32. The fourth-order valence-corrected chi connectivity index (χ4v) is 7.02. The van der Waals surface area contributed by atoms with E-state index in [-0.39, 0.29) is 30.5 Å². The number of carboxylic acid groups (broad SMARTS) is 1. The molecule has 1 unspecified atom stereocenters. The summed E-state index contributed by atoms with van der Waals surface area (Å²) in [6.07, 6.45) is 0.259. The van der Waals surface area contributed by atoms with Gasteiger partial charge in [0.25, 0.3) is 0 Å². The second kappa shape index (κ2) is 11.0. The van der Waals surface area contributed by atoms with E-state index in [1.807, 2.05) is 62.7 Å². The molecule has 0 fully saturated rings. The third-order valence-electron chi connectivity index (χ3n) is 7.78. The Kier molecular flexibility index (Phi) is 7.65. The van der Waals surface area contributed by atoms with Gasteiger partial charge in [-0.3, -0.25) is 4.79 Å². The van der Waals surface area contributed by atoms with Crippen LogP contribution in [0.2, 0.25) is 0 Å². The third kappa shape index (κ3) is 5.09. The summed E-state index contributed by atoms with van der Waals surface area (Å²) in [6.45, 7) is 8.92. The van der Waals surface area contributed by atoms with E-state index in [1.54, 1.807) is 24.3 Å². The van der Waals surface area contributed by atoms with Crippen LogP contribution in [0.1, 0.15) is 60.4 Å². The molecule has 0 spiro atoms. The van der Waals surface area contributed by atoms with Crippen molar-refractivity contribution >= 4 is 27.0 Å². The summed E-state index contributed by atoms with van der Waals surface area (Å²) in [7, 11) is -3.82. The summed E-state index contributed by atoms with van der Waals surface area (Å²) in [6, 6.07) is 16.5. The smallest absolute Gasteiger partial charge is 0.304 e. The highest BCUT2D eigenvalue weighted by molar-refractivity contribution is 7.89. The van der Waals surface area contributed by atoms with Crippen LogP contribution in [0, 0.1) is 13.8 Å². The molecule has 10 heteroatoms. The lowest BCUT2D eigenvalue weighted by Crippen LogP contribution is -2.36. The lowest BCUT2D eigenvalue weighted by atomic mass is 9.84. The first-order valence-corrected chi connectivity index (χ1v) is 15.0. The van der Waals surface area contributed by atoms with Gasteiger partial charge in [0, 0.05) is 19.0 Å². The molecule has 4 aromatic rings. The zero-order chi connectivity index (χ0) is 28.6. The molecule has 9 nitrogen and oxygen atoms in total. The standard InChI is InChI=1S/C30H34N4O5S/c1-5-23-18-33(40(37,38)28-10-8-7-9-27(28)39-23)17-22-15-21(12-11-19(22)3)25(16-29(35)36)24-13-14-26-30(20(24)4)31-32-34(26)6-2/h7-15,23,25H,5-6,16-18H2,1-4H3,(H,35,36)/t23-,25?/m1/s1. The van der Waals surface area contributed by atoms with Gasteiger partial charge < -0.3 is 9.84 Å². The molecule has 210 valence electrons. The Balaban J connectivity index is 1.56. The lowest BCUT2D eigenvalue weighted by molar-refractivity contribution is -0.137. The second-order valence-corrected chi connectivity index (χ2v) is 12.2. The third-order valence-corrected chi connectivity index (χ3v) is 9.63. The van der Waals surface area contributed by atoms with Crippen LogP contribution in [0.5, 0.6) is 5.75 Å². The number of carboxylic acids is 1. The maximum Gasteiger partial charge on any atom is 0.304 e. The summed E-state index contributed by atoms with van der Waals surface area (Å²) >= 11 is 0. The van der Waals surface area contributed by atoms with E-state index in [0.717, 1.165) is 38.9 Å². The van der Waals surface area contributed by atoms with Gasteiger partial charge in [-0.15, -0.1) is 5.10 Å². The number of hydrogen-bond acceptors (Lipinski definition) is 6. The number of aliphatic carboxylic acids is 1. The van der Waals surface area contributed by atoms with Crippen LogP contribution in [0.15, 0.2) is 59.5 Å². The fourth-order valence-electron chi connectivity index (χ4n) is 5.45. The number of ether oxygens (including phenoxy) is 1. The van der Waals surface area contributed by atoms with Gasteiger partial charge in [0.1, 0.15) is 22.3 Å². The molecule has 0 radical (unpaired) electrons. The first-order chi connectivity index (χ1) is 19.1. The van der Waals surface area contributed by atoms with Crippen molar-refractivity contribution in [1.82, 2.24) is 19.3 Å². The fraction of sp³-hybridized carbons (Fsp3) is 0.367. The maximum absolute atomic E-state index is 13.7. The normalized spacial score (nSPS) is 17.6. The minimum atomic E-state index is -3.82. The summed E-state index contributed by atoms with van der Waals surface area (Å²) in [5.41, 5.74) is 5.97. The number of aromatic nitrogens is 3. The van der Waals surface area contributed by atoms with Crippen LogP contribution in [0.4, 0.5) is 0 Å². The number of aryl methyl sites for hydroxylation is 3. The van der Waals surface area contributed by atoms with Crippen molar-refractivity contribution < 1.29 is 23.1 Å². The first kappa shape index (κ1) is 27.8. The minimum Gasteiger partial charge on any atom is -0.488 e. The molecule has 1 aromatic heterocycles. The Hall–Kier alpha value is -3.76. The number of nitrogens with zero attached hydrogens (tertiary/aromatic N) is 4. The van der Waals surface area contributed by atoms with Crippen LogP contribution >= 0.6 is 0 Å². The van der Waals surface area contributed by atoms with Crippen molar-refractivity contribution in [2.45, 2.75) is 70.5 Å². The highest BCUT2D eigenvalue weighted by Crippen LogP contribution is 2.36. The van der Waals surface area contributed by atoms with Gasteiger partial charge >= 0.3 is 5.97 Å². The Morgan fingerprint density at radius 2 is 1.90 bits per heavy atom. The van der Waals surface area contributed by atoms with E-state index >= 15 is 0 Å². The molecule has 40 heavy (non-hydrogen) atoms. The number of carbonyl (C=O) groups is 1. The number of rotatable bonds is 8. The van der Waals surface area contributed by atoms with Crippen LogP contribution < -0.4 is 4.74 Å². The molecule has 1 aliphatic heterocycles. The van der Waals surface area contributed by atoms with Gasteiger partial charge in [0.15, 0.2) is 0 Å². The van der Waals surface area contributed by atoms with E-state index in [9.17, 15) is 18.3 Å². The number of hydrogen-bond donors (Lipinski definition) is 1. The molecule has 5 rings (SSSR count). The number of benzene rings is 3. The lowest BCUT2D eigenvalue weighted by Gasteiger charge is -2.25. The first-order valence-electron chi connectivity index (χ1n) is 13.5. The van der Waals surface area contributed by atoms with Crippen molar-refractivity contribution in [3.8, 4) is 5.75 Å². The summed E-state index contributed by atoms with van der Waals surface area (Å²) in [5, 5.41) is 18.4. The van der Waals surface area contributed by atoms with Crippen molar-refractivity contribution in [2.75, 3.05) is 6.54 Å². The van der Waals surface area contributed by atoms with Crippen molar-refractivity contribution in [3.05, 3.63) is 82.4 Å². The maximum atomic E-state index is 13.7. The molecule has 0 bridgehead atoms. The van der Waals surface area contributed by atoms with Gasteiger partial charge in [0.05, 0.1) is 18.5 Å². The molecule has 1 aliphatic rings. The van der Waals surface area contributed by atoms with Crippen LogP contribution in [-0.2, 0) is 27.9 Å². The van der Waals surface area contributed by atoms with E-state index < -0.39 is 21.9 Å². The van der Waals surface area contributed by atoms with E-state index in [4.69, 9.17) is 4.74 Å². The predicted molar refractivity (Wildman–Crippen MR) is 152 cm³/mol. The minimum absolute atomic E-state index is 0.113. The Morgan fingerprint density at radius 1 is 1.12 bits per heavy atom. The summed E-state index contributed by atoms with van der Waals surface area (Å²) < 4.78 is 36.8. The highest BCUT2D eigenvalue weighted by atomic mass is 32.2. The SMILES string of the molecule is CC[C@@H]1CN(Cc2cc(C(CC(=O)O)c3ccc4c(nnn4CC)c3C)ccc2C)S(=O)(=O)c2ccccc2O1. The van der Waals surface area contributed by atoms with Crippen molar-refractivity contribution in [2.24, 2.45) is 0 Å². The second-order valence-electron chi connectivity index (χ2n) is 10.3. The van der Waals surface area contributed by atoms with Crippen LogP contribution in [0.25, 0.3) is 11.0 Å².